The molecule has 9 nitrogen and oxygen atoms in total. The number of carbonyl (C=O) groups excluding carboxylic acids is 2. The van der Waals surface area contributed by atoms with E-state index in [1.165, 1.54) is 0 Å². The molecule has 1 aliphatic rings. The monoisotopic (exact) mass is 304 g/mol. The lowest BCUT2D eigenvalue weighted by molar-refractivity contribution is -0.155. The maximum atomic E-state index is 11.5. The van der Waals surface area contributed by atoms with Crippen LogP contribution in [-0.4, -0.2) is 58.7 Å². The number of carbonyl (C=O) groups is 2. The van der Waals surface area contributed by atoms with Crippen LogP contribution < -0.4 is 11.5 Å². The average molecular weight is 304 g/mol. The molecule has 1 rings (SSSR count). The highest BCUT2D eigenvalue weighted by Crippen LogP contribution is 2.21. The van der Waals surface area contributed by atoms with Crippen molar-refractivity contribution >= 4 is 11.9 Å². The maximum Gasteiger partial charge on any atom is 0.377 e. The first-order valence-electron chi connectivity index (χ1n) is 6.52. The highest BCUT2D eigenvalue weighted by molar-refractivity contribution is 5.89. The average Bonchev–Trinajstić information content (AvgIpc) is 2.72. The van der Waals surface area contributed by atoms with Crippen LogP contribution in [0.1, 0.15) is 19.3 Å². The van der Waals surface area contributed by atoms with Crippen molar-refractivity contribution in [3.8, 4) is 0 Å². The summed E-state index contributed by atoms with van der Waals surface area (Å²) in [4.78, 5) is 22.5. The van der Waals surface area contributed by atoms with Crippen LogP contribution in [0.25, 0.3) is 0 Å². The molecule has 21 heavy (non-hydrogen) atoms. The first-order chi connectivity index (χ1) is 9.88. The normalized spacial score (nSPS) is 21.1. The zero-order chi connectivity index (χ0) is 16.0. The number of rotatable bonds is 8. The third-order valence-corrected chi connectivity index (χ3v) is 2.96. The van der Waals surface area contributed by atoms with Crippen LogP contribution in [0.4, 0.5) is 0 Å². The Morgan fingerprint density at radius 2 is 2.05 bits per heavy atom. The smallest absolute Gasteiger partial charge is 0.377 e. The van der Waals surface area contributed by atoms with Crippen molar-refractivity contribution in [3.63, 3.8) is 0 Å². The standard InChI is InChI=1S/C12H20N2O7/c13-4-2-1-3-6(14)11(18)20-5-7(15)10-8(16)9(17)12(19)21-10/h6-7,10,15-17H,1-5,13-14H2/t6-,7-,10+/m0/s1. The van der Waals surface area contributed by atoms with Gasteiger partial charge in [-0.3, -0.25) is 4.79 Å². The summed E-state index contributed by atoms with van der Waals surface area (Å²) in [5.74, 6) is -3.64. The fourth-order valence-corrected chi connectivity index (χ4v) is 1.72. The number of aliphatic hydroxyl groups excluding tert-OH is 3. The first kappa shape index (κ1) is 17.2. The molecular weight excluding hydrogens is 284 g/mol. The van der Waals surface area contributed by atoms with Gasteiger partial charge in [0.1, 0.15) is 18.8 Å². The van der Waals surface area contributed by atoms with E-state index in [1.807, 2.05) is 0 Å². The highest BCUT2D eigenvalue weighted by atomic mass is 16.6. The quantitative estimate of drug-likeness (QED) is 0.268. The maximum absolute atomic E-state index is 11.5. The van der Waals surface area contributed by atoms with E-state index in [0.29, 0.717) is 19.4 Å². The summed E-state index contributed by atoms with van der Waals surface area (Å²) >= 11 is 0. The lowest BCUT2D eigenvalue weighted by Gasteiger charge is -2.18. The van der Waals surface area contributed by atoms with Crippen molar-refractivity contribution in [2.45, 2.75) is 37.5 Å². The molecule has 3 atom stereocenters. The second kappa shape index (κ2) is 7.81. The number of aliphatic hydroxyl groups is 3. The number of cyclic esters (lactones) is 1. The van der Waals surface area contributed by atoms with Gasteiger partial charge >= 0.3 is 11.9 Å². The summed E-state index contributed by atoms with van der Waals surface area (Å²) in [7, 11) is 0. The van der Waals surface area contributed by atoms with Crippen molar-refractivity contribution in [2.24, 2.45) is 11.5 Å². The number of hydrogen-bond donors (Lipinski definition) is 5. The van der Waals surface area contributed by atoms with Gasteiger partial charge in [0.15, 0.2) is 11.9 Å². The fourth-order valence-electron chi connectivity index (χ4n) is 1.72. The van der Waals surface area contributed by atoms with E-state index in [0.717, 1.165) is 6.42 Å². The summed E-state index contributed by atoms with van der Waals surface area (Å²) < 4.78 is 9.30. The van der Waals surface area contributed by atoms with Gasteiger partial charge in [-0.05, 0) is 19.4 Å². The van der Waals surface area contributed by atoms with Gasteiger partial charge in [-0.2, -0.15) is 0 Å². The second-order valence-corrected chi connectivity index (χ2v) is 4.65. The third-order valence-electron chi connectivity index (χ3n) is 2.96. The molecule has 120 valence electrons. The fraction of sp³-hybridized carbons (Fsp3) is 0.667. The number of hydrogen-bond acceptors (Lipinski definition) is 9. The van der Waals surface area contributed by atoms with E-state index in [2.05, 4.69) is 4.74 Å². The van der Waals surface area contributed by atoms with Gasteiger partial charge < -0.3 is 36.3 Å². The van der Waals surface area contributed by atoms with Crippen molar-refractivity contribution in [1.29, 1.82) is 0 Å². The summed E-state index contributed by atoms with van der Waals surface area (Å²) in [6.07, 6.45) is -1.15. The van der Waals surface area contributed by atoms with Gasteiger partial charge in [0.2, 0.25) is 5.76 Å². The second-order valence-electron chi connectivity index (χ2n) is 4.65. The van der Waals surface area contributed by atoms with Crippen LogP contribution in [0.15, 0.2) is 11.5 Å². The molecule has 0 bridgehead atoms. The van der Waals surface area contributed by atoms with E-state index in [1.54, 1.807) is 0 Å². The van der Waals surface area contributed by atoms with E-state index < -0.39 is 48.3 Å². The Morgan fingerprint density at radius 1 is 1.38 bits per heavy atom. The Labute approximate surface area is 121 Å². The zero-order valence-electron chi connectivity index (χ0n) is 11.4. The van der Waals surface area contributed by atoms with Crippen LogP contribution in [0.3, 0.4) is 0 Å². The minimum absolute atomic E-state index is 0.399. The van der Waals surface area contributed by atoms with Crippen molar-refractivity contribution in [3.05, 3.63) is 11.5 Å². The molecule has 0 saturated carbocycles. The van der Waals surface area contributed by atoms with Gasteiger partial charge in [0, 0.05) is 0 Å². The molecule has 0 fully saturated rings. The van der Waals surface area contributed by atoms with E-state index >= 15 is 0 Å². The first-order valence-corrected chi connectivity index (χ1v) is 6.52. The Kier molecular flexibility index (Phi) is 6.40. The summed E-state index contributed by atoms with van der Waals surface area (Å²) in [5.41, 5.74) is 10.9. The van der Waals surface area contributed by atoms with Gasteiger partial charge in [-0.1, -0.05) is 6.42 Å². The van der Waals surface area contributed by atoms with E-state index in [4.69, 9.17) is 21.3 Å². The predicted octanol–water partition coefficient (Wildman–Crippen LogP) is -1.40. The summed E-state index contributed by atoms with van der Waals surface area (Å²) in [6.45, 7) is -0.0264. The molecular formula is C12H20N2O7. The Balaban J connectivity index is 2.38. The molecule has 9 heteroatoms. The van der Waals surface area contributed by atoms with E-state index in [-0.39, 0.29) is 0 Å². The zero-order valence-corrected chi connectivity index (χ0v) is 11.4. The van der Waals surface area contributed by atoms with Crippen LogP contribution in [0, 0.1) is 0 Å². The van der Waals surface area contributed by atoms with Crippen LogP contribution in [0.5, 0.6) is 0 Å². The molecule has 0 aromatic rings. The lowest BCUT2D eigenvalue weighted by Crippen LogP contribution is -2.38. The Hall–Kier alpha value is -1.84. The van der Waals surface area contributed by atoms with Crippen LogP contribution in [0.2, 0.25) is 0 Å². The summed E-state index contributed by atoms with van der Waals surface area (Å²) in [6, 6.07) is -0.840. The van der Waals surface area contributed by atoms with Crippen LogP contribution >= 0.6 is 0 Å². The molecule has 0 unspecified atom stereocenters. The largest absolute Gasteiger partial charge is 0.505 e. The van der Waals surface area contributed by atoms with E-state index in [9.17, 15) is 19.8 Å². The molecule has 0 saturated heterocycles. The minimum Gasteiger partial charge on any atom is -0.505 e. The Morgan fingerprint density at radius 3 is 2.57 bits per heavy atom. The number of nitrogens with two attached hydrogens (primary N) is 2. The highest BCUT2D eigenvalue weighted by Gasteiger charge is 2.39. The number of unbranched alkanes of at least 4 members (excludes halogenated alkanes) is 1. The minimum atomic E-state index is -1.50. The number of ether oxygens (including phenoxy) is 2. The van der Waals surface area contributed by atoms with Gasteiger partial charge in [-0.15, -0.1) is 0 Å². The molecule has 7 N–H and O–H groups in total. The summed E-state index contributed by atoms with van der Waals surface area (Å²) in [5, 5.41) is 28.1. The molecule has 0 radical (unpaired) electrons. The van der Waals surface area contributed by atoms with Crippen molar-refractivity contribution in [2.75, 3.05) is 13.2 Å². The lowest BCUT2D eigenvalue weighted by atomic mass is 10.1. The van der Waals surface area contributed by atoms with Gasteiger partial charge in [0.25, 0.3) is 0 Å². The molecule has 0 aromatic carbocycles. The molecule has 0 aliphatic carbocycles. The van der Waals surface area contributed by atoms with Crippen LogP contribution in [-0.2, 0) is 19.1 Å². The number of esters is 2. The molecule has 0 aromatic heterocycles. The molecule has 1 aliphatic heterocycles. The molecule has 1 heterocycles. The van der Waals surface area contributed by atoms with Gasteiger partial charge in [0.05, 0.1) is 0 Å². The van der Waals surface area contributed by atoms with Gasteiger partial charge in [-0.25, -0.2) is 4.79 Å². The van der Waals surface area contributed by atoms with Crippen molar-refractivity contribution in [1.82, 2.24) is 0 Å². The topological polar surface area (TPSA) is 165 Å². The molecule has 0 amide bonds. The Bertz CT molecular complexity index is 424. The SMILES string of the molecule is NCCCC[C@H](N)C(=O)OC[C@H](O)[C@H]1OC(=O)C(O)=C1O. The predicted molar refractivity (Wildman–Crippen MR) is 70.0 cm³/mol. The molecule has 0 spiro atoms. The third kappa shape index (κ3) is 4.59. The van der Waals surface area contributed by atoms with Crippen molar-refractivity contribution < 1.29 is 34.4 Å².